The highest BCUT2D eigenvalue weighted by molar-refractivity contribution is 6.42. The maximum Gasteiger partial charge on any atom is 0.195 e. The summed E-state index contributed by atoms with van der Waals surface area (Å²) < 4.78 is 0. The highest BCUT2D eigenvalue weighted by atomic mass is 35.5. The number of hydrogen-bond acceptors (Lipinski definition) is 2. The molecule has 0 saturated heterocycles. The summed E-state index contributed by atoms with van der Waals surface area (Å²) in [7, 11) is 0. The molecule has 3 aromatic rings. The lowest BCUT2D eigenvalue weighted by Gasteiger charge is -2.02. The van der Waals surface area contributed by atoms with Gasteiger partial charge in [0, 0.05) is 23.3 Å². The van der Waals surface area contributed by atoms with Crippen LogP contribution in [-0.4, -0.2) is 15.8 Å². The van der Waals surface area contributed by atoms with Gasteiger partial charge in [-0.05, 0) is 24.3 Å². The molecule has 0 aliphatic heterocycles. The average Bonchev–Trinajstić information content (AvgIpc) is 2.86. The number of halogens is 3. The Morgan fingerprint density at radius 2 is 1.85 bits per heavy atom. The topological polar surface area (TPSA) is 45.8 Å². The Morgan fingerprint density at radius 1 is 1.05 bits per heavy atom. The van der Waals surface area contributed by atoms with E-state index in [2.05, 4.69) is 9.97 Å². The highest BCUT2D eigenvalue weighted by Crippen LogP contribution is 2.29. The van der Waals surface area contributed by atoms with E-state index in [9.17, 15) is 4.79 Å². The number of rotatable bonds is 2. The van der Waals surface area contributed by atoms with Crippen molar-refractivity contribution in [2.45, 2.75) is 0 Å². The van der Waals surface area contributed by atoms with Crippen LogP contribution in [0.15, 0.2) is 36.7 Å². The molecule has 20 heavy (non-hydrogen) atoms. The van der Waals surface area contributed by atoms with Gasteiger partial charge in [0.05, 0.1) is 20.6 Å². The molecule has 100 valence electrons. The summed E-state index contributed by atoms with van der Waals surface area (Å²) in [4.78, 5) is 19.6. The summed E-state index contributed by atoms with van der Waals surface area (Å²) in [5.41, 5.74) is 1.47. The van der Waals surface area contributed by atoms with Crippen molar-refractivity contribution in [3.05, 3.63) is 62.9 Å². The Morgan fingerprint density at radius 3 is 2.60 bits per heavy atom. The molecule has 0 atom stereocenters. The fourth-order valence-electron chi connectivity index (χ4n) is 1.99. The number of hydrogen-bond donors (Lipinski definition) is 1. The van der Waals surface area contributed by atoms with Crippen molar-refractivity contribution in [3.8, 4) is 0 Å². The molecule has 2 aromatic heterocycles. The molecule has 0 bridgehead atoms. The van der Waals surface area contributed by atoms with Crippen molar-refractivity contribution in [2.75, 3.05) is 0 Å². The third-order valence-electron chi connectivity index (χ3n) is 2.95. The molecule has 0 spiro atoms. The van der Waals surface area contributed by atoms with E-state index in [0.29, 0.717) is 37.2 Å². The molecule has 3 rings (SSSR count). The summed E-state index contributed by atoms with van der Waals surface area (Å²) in [6.45, 7) is 0. The van der Waals surface area contributed by atoms with Crippen molar-refractivity contribution >= 4 is 51.6 Å². The summed E-state index contributed by atoms with van der Waals surface area (Å²) in [5.74, 6) is -0.190. The largest absolute Gasteiger partial charge is 0.345 e. The third-order valence-corrected chi connectivity index (χ3v) is 4.00. The van der Waals surface area contributed by atoms with E-state index in [1.807, 2.05) is 0 Å². The fourth-order valence-corrected chi connectivity index (χ4v) is 2.53. The first-order valence-electron chi connectivity index (χ1n) is 5.69. The Kier molecular flexibility index (Phi) is 3.42. The van der Waals surface area contributed by atoms with Gasteiger partial charge in [0.2, 0.25) is 0 Å². The van der Waals surface area contributed by atoms with E-state index >= 15 is 0 Å². The second kappa shape index (κ2) is 5.09. The van der Waals surface area contributed by atoms with Gasteiger partial charge in [-0.25, -0.2) is 4.98 Å². The van der Waals surface area contributed by atoms with Gasteiger partial charge in [0.15, 0.2) is 5.78 Å². The van der Waals surface area contributed by atoms with Crippen LogP contribution in [0.25, 0.3) is 11.0 Å². The molecule has 0 aliphatic rings. The van der Waals surface area contributed by atoms with E-state index in [-0.39, 0.29) is 5.78 Å². The standard InChI is InChI=1S/C14H7Cl3N2O/c15-9-2-1-7(5-11(9)17)13(20)8-6-19-14-12(8)10(16)3-4-18-14/h1-6H,(H,18,19). The molecule has 0 radical (unpaired) electrons. The SMILES string of the molecule is O=C(c1ccc(Cl)c(Cl)c1)c1c[nH]c2nccc(Cl)c12. The number of pyridine rings is 1. The van der Waals surface area contributed by atoms with Gasteiger partial charge in [0.1, 0.15) is 5.65 Å². The molecule has 0 fully saturated rings. The van der Waals surface area contributed by atoms with Gasteiger partial charge >= 0.3 is 0 Å². The zero-order chi connectivity index (χ0) is 14.3. The minimum atomic E-state index is -0.190. The predicted octanol–water partition coefficient (Wildman–Crippen LogP) is 4.75. The van der Waals surface area contributed by atoms with Crippen LogP contribution in [0.1, 0.15) is 15.9 Å². The maximum absolute atomic E-state index is 12.5. The number of carbonyl (C=O) groups is 1. The van der Waals surface area contributed by atoms with Crippen molar-refractivity contribution < 1.29 is 4.79 Å². The number of nitrogens with zero attached hydrogens (tertiary/aromatic N) is 1. The number of fused-ring (bicyclic) bond motifs is 1. The molecule has 3 nitrogen and oxygen atoms in total. The number of nitrogens with one attached hydrogen (secondary N) is 1. The fraction of sp³-hybridized carbons (Fsp3) is 0. The Labute approximate surface area is 129 Å². The molecule has 0 amide bonds. The second-order valence-electron chi connectivity index (χ2n) is 4.18. The van der Waals surface area contributed by atoms with Crippen LogP contribution in [0.4, 0.5) is 0 Å². The first-order valence-corrected chi connectivity index (χ1v) is 6.82. The second-order valence-corrected chi connectivity index (χ2v) is 5.40. The van der Waals surface area contributed by atoms with Crippen LogP contribution >= 0.6 is 34.8 Å². The van der Waals surface area contributed by atoms with E-state index in [1.165, 1.54) is 6.07 Å². The number of benzene rings is 1. The lowest BCUT2D eigenvalue weighted by atomic mass is 10.0. The van der Waals surface area contributed by atoms with E-state index in [4.69, 9.17) is 34.8 Å². The van der Waals surface area contributed by atoms with Gasteiger partial charge in [-0.2, -0.15) is 0 Å². The summed E-state index contributed by atoms with van der Waals surface area (Å²) >= 11 is 17.9. The quantitative estimate of drug-likeness (QED) is 0.691. The first-order chi connectivity index (χ1) is 9.58. The average molecular weight is 326 g/mol. The molecular formula is C14H7Cl3N2O. The lowest BCUT2D eigenvalue weighted by Crippen LogP contribution is -2.00. The van der Waals surface area contributed by atoms with Crippen LogP contribution in [0, 0.1) is 0 Å². The number of H-pyrrole nitrogens is 1. The van der Waals surface area contributed by atoms with Gasteiger partial charge < -0.3 is 4.98 Å². The third kappa shape index (κ3) is 2.18. The van der Waals surface area contributed by atoms with Crippen LogP contribution in [0.2, 0.25) is 15.1 Å². The molecule has 6 heteroatoms. The highest BCUT2D eigenvalue weighted by Gasteiger charge is 2.17. The van der Waals surface area contributed by atoms with Crippen molar-refractivity contribution in [1.82, 2.24) is 9.97 Å². The molecule has 0 aliphatic carbocycles. The first kappa shape index (κ1) is 13.4. The number of aromatic nitrogens is 2. The molecule has 2 heterocycles. The monoisotopic (exact) mass is 324 g/mol. The molecule has 1 N–H and O–H groups in total. The summed E-state index contributed by atoms with van der Waals surface area (Å²) in [6, 6.07) is 6.39. The normalized spacial score (nSPS) is 10.9. The molecular weight excluding hydrogens is 319 g/mol. The van der Waals surface area contributed by atoms with E-state index < -0.39 is 0 Å². The number of carbonyl (C=O) groups excluding carboxylic acids is 1. The van der Waals surface area contributed by atoms with Crippen LogP contribution in [0.3, 0.4) is 0 Å². The van der Waals surface area contributed by atoms with Gasteiger partial charge in [0.25, 0.3) is 0 Å². The van der Waals surface area contributed by atoms with Crippen molar-refractivity contribution in [1.29, 1.82) is 0 Å². The lowest BCUT2D eigenvalue weighted by molar-refractivity contribution is 0.104. The minimum Gasteiger partial charge on any atom is -0.345 e. The zero-order valence-electron chi connectivity index (χ0n) is 9.95. The number of aromatic amines is 1. The smallest absolute Gasteiger partial charge is 0.195 e. The zero-order valence-corrected chi connectivity index (χ0v) is 12.2. The Bertz CT molecular complexity index is 826. The van der Waals surface area contributed by atoms with Crippen LogP contribution in [-0.2, 0) is 0 Å². The Balaban J connectivity index is 2.15. The minimum absolute atomic E-state index is 0.190. The van der Waals surface area contributed by atoms with E-state index in [1.54, 1.807) is 30.6 Å². The van der Waals surface area contributed by atoms with Gasteiger partial charge in [-0.15, -0.1) is 0 Å². The molecule has 0 saturated carbocycles. The maximum atomic E-state index is 12.5. The van der Waals surface area contributed by atoms with Gasteiger partial charge in [-0.3, -0.25) is 4.79 Å². The van der Waals surface area contributed by atoms with Crippen LogP contribution < -0.4 is 0 Å². The summed E-state index contributed by atoms with van der Waals surface area (Å²) in [6.07, 6.45) is 3.17. The number of ketones is 1. The van der Waals surface area contributed by atoms with Crippen molar-refractivity contribution in [2.24, 2.45) is 0 Å². The van der Waals surface area contributed by atoms with Gasteiger partial charge in [-0.1, -0.05) is 34.8 Å². The van der Waals surface area contributed by atoms with Crippen molar-refractivity contribution in [3.63, 3.8) is 0 Å². The molecule has 1 aromatic carbocycles. The molecule has 0 unspecified atom stereocenters. The van der Waals surface area contributed by atoms with Crippen LogP contribution in [0.5, 0.6) is 0 Å². The summed E-state index contributed by atoms with van der Waals surface area (Å²) in [5, 5.41) is 1.81. The Hall–Kier alpha value is -1.55. The van der Waals surface area contributed by atoms with E-state index in [0.717, 1.165) is 0 Å². The predicted molar refractivity (Wildman–Crippen MR) is 81.0 cm³/mol.